The Kier molecular flexibility index (Phi) is 6.96. The number of esters is 1. The van der Waals surface area contributed by atoms with Gasteiger partial charge < -0.3 is 10.1 Å². The highest BCUT2D eigenvalue weighted by molar-refractivity contribution is 7.89. The molecule has 1 aliphatic heterocycles. The normalized spacial score (nSPS) is 18.1. The number of benzene rings is 1. The van der Waals surface area contributed by atoms with E-state index in [1.165, 1.54) is 12.1 Å². The first kappa shape index (κ1) is 21.3. The highest BCUT2D eigenvalue weighted by Crippen LogP contribution is 2.24. The highest BCUT2D eigenvalue weighted by Gasteiger charge is 2.28. The Morgan fingerprint density at radius 3 is 2.67 bits per heavy atom. The Morgan fingerprint density at radius 1 is 1.33 bits per heavy atom. The van der Waals surface area contributed by atoms with Crippen LogP contribution in [0.3, 0.4) is 0 Å². The van der Waals surface area contributed by atoms with Crippen molar-refractivity contribution in [3.05, 3.63) is 23.3 Å². The van der Waals surface area contributed by atoms with Crippen LogP contribution in [0.25, 0.3) is 0 Å². The lowest BCUT2D eigenvalue weighted by molar-refractivity contribution is -0.150. The number of ether oxygens (including phenoxy) is 1. The van der Waals surface area contributed by atoms with Crippen molar-refractivity contribution in [1.29, 1.82) is 0 Å². The maximum absolute atomic E-state index is 12.5. The number of carbonyl (C=O) groups is 2. The molecule has 0 aromatic heterocycles. The summed E-state index contributed by atoms with van der Waals surface area (Å²) in [6.45, 7) is 6.98. The summed E-state index contributed by atoms with van der Waals surface area (Å²) in [5, 5.41) is 7.96. The zero-order valence-corrected chi connectivity index (χ0v) is 16.8. The fourth-order valence-electron chi connectivity index (χ4n) is 3.16. The predicted octanol–water partition coefficient (Wildman–Crippen LogP) is 1.16. The van der Waals surface area contributed by atoms with Crippen molar-refractivity contribution in [1.82, 2.24) is 4.90 Å². The number of rotatable bonds is 6. The second-order valence-electron chi connectivity index (χ2n) is 6.83. The van der Waals surface area contributed by atoms with E-state index in [0.29, 0.717) is 18.8 Å². The minimum atomic E-state index is -3.86. The van der Waals surface area contributed by atoms with Crippen LogP contribution in [0, 0.1) is 19.8 Å². The molecule has 0 bridgehead atoms. The zero-order chi connectivity index (χ0) is 20.2. The maximum atomic E-state index is 12.5. The van der Waals surface area contributed by atoms with Crippen LogP contribution in [0.4, 0.5) is 5.69 Å². The molecule has 150 valence electrons. The summed E-state index contributed by atoms with van der Waals surface area (Å²) in [5.41, 5.74) is 1.92. The molecule has 27 heavy (non-hydrogen) atoms. The molecule has 1 amide bonds. The molecule has 0 saturated carbocycles. The van der Waals surface area contributed by atoms with Crippen LogP contribution >= 0.6 is 0 Å². The van der Waals surface area contributed by atoms with Crippen molar-refractivity contribution >= 4 is 27.6 Å². The third kappa shape index (κ3) is 5.75. The van der Waals surface area contributed by atoms with Gasteiger partial charge in [-0.1, -0.05) is 0 Å². The summed E-state index contributed by atoms with van der Waals surface area (Å²) in [7, 11) is -3.86. The molecule has 8 nitrogen and oxygen atoms in total. The number of anilines is 1. The number of nitrogens with zero attached hydrogens (tertiary/aromatic N) is 1. The van der Waals surface area contributed by atoms with E-state index < -0.39 is 10.0 Å². The van der Waals surface area contributed by atoms with E-state index in [2.05, 4.69) is 5.32 Å². The fourth-order valence-corrected chi connectivity index (χ4v) is 3.79. The first-order valence-electron chi connectivity index (χ1n) is 8.94. The van der Waals surface area contributed by atoms with Gasteiger partial charge in [-0.05, 0) is 63.4 Å². The van der Waals surface area contributed by atoms with Gasteiger partial charge in [0.15, 0.2) is 0 Å². The number of primary sulfonamides is 1. The molecular formula is C18H27N3O5S. The van der Waals surface area contributed by atoms with E-state index in [1.54, 1.807) is 20.8 Å². The lowest BCUT2D eigenvalue weighted by Crippen LogP contribution is -2.43. The Labute approximate surface area is 160 Å². The van der Waals surface area contributed by atoms with Crippen molar-refractivity contribution in [2.45, 2.75) is 38.5 Å². The number of nitrogens with one attached hydrogen (secondary N) is 1. The number of amides is 1. The third-order valence-electron chi connectivity index (χ3n) is 4.74. The lowest BCUT2D eigenvalue weighted by atomic mass is 9.98. The van der Waals surface area contributed by atoms with E-state index >= 15 is 0 Å². The molecule has 1 fully saturated rings. The molecule has 0 radical (unpaired) electrons. The van der Waals surface area contributed by atoms with Gasteiger partial charge in [-0.15, -0.1) is 0 Å². The molecule has 0 aliphatic carbocycles. The Hall–Kier alpha value is -1.97. The van der Waals surface area contributed by atoms with E-state index in [1.807, 2.05) is 4.90 Å². The van der Waals surface area contributed by atoms with Crippen molar-refractivity contribution in [3.63, 3.8) is 0 Å². The third-order valence-corrected chi connectivity index (χ3v) is 5.63. The minimum absolute atomic E-state index is 0.0405. The topological polar surface area (TPSA) is 119 Å². The number of likely N-dealkylation sites (tertiary alicyclic amines) is 1. The second-order valence-corrected chi connectivity index (χ2v) is 8.39. The van der Waals surface area contributed by atoms with Crippen molar-refractivity contribution in [2.75, 3.05) is 31.6 Å². The molecule has 1 heterocycles. The van der Waals surface area contributed by atoms with Gasteiger partial charge in [0.25, 0.3) is 0 Å². The van der Waals surface area contributed by atoms with Gasteiger partial charge in [-0.2, -0.15) is 0 Å². The van der Waals surface area contributed by atoms with Crippen LogP contribution in [0.15, 0.2) is 17.0 Å². The van der Waals surface area contributed by atoms with Gasteiger partial charge >= 0.3 is 5.97 Å². The van der Waals surface area contributed by atoms with E-state index in [0.717, 1.165) is 30.5 Å². The standard InChI is InChI=1S/C18H27N3O5S/c1-4-26-18(23)14-6-5-7-21(10-14)11-17(22)20-16-9-15(27(19,24)25)8-12(2)13(16)3/h8-9,14H,4-7,10-11H2,1-3H3,(H,20,22)(H2,19,24,25). The molecule has 2 rings (SSSR count). The largest absolute Gasteiger partial charge is 0.466 e. The van der Waals surface area contributed by atoms with E-state index in [4.69, 9.17) is 9.88 Å². The molecule has 1 aliphatic rings. The van der Waals surface area contributed by atoms with Crippen LogP contribution in [-0.4, -0.2) is 51.4 Å². The van der Waals surface area contributed by atoms with Crippen molar-refractivity contribution in [3.8, 4) is 0 Å². The van der Waals surface area contributed by atoms with Crippen molar-refractivity contribution in [2.24, 2.45) is 11.1 Å². The number of carbonyl (C=O) groups excluding carboxylic acids is 2. The lowest BCUT2D eigenvalue weighted by Gasteiger charge is -2.30. The number of aryl methyl sites for hydroxylation is 1. The molecule has 0 spiro atoms. The average molecular weight is 397 g/mol. The number of sulfonamides is 1. The zero-order valence-electron chi connectivity index (χ0n) is 15.9. The molecule has 3 N–H and O–H groups in total. The van der Waals surface area contributed by atoms with Gasteiger partial charge in [0.05, 0.1) is 24.0 Å². The molecule has 1 saturated heterocycles. The fraction of sp³-hybridized carbons (Fsp3) is 0.556. The summed E-state index contributed by atoms with van der Waals surface area (Å²) in [4.78, 5) is 26.2. The quantitative estimate of drug-likeness (QED) is 0.696. The first-order chi connectivity index (χ1) is 12.6. The van der Waals surface area contributed by atoms with Gasteiger partial charge in [-0.3, -0.25) is 14.5 Å². The van der Waals surface area contributed by atoms with Crippen LogP contribution in [0.1, 0.15) is 30.9 Å². The smallest absolute Gasteiger partial charge is 0.310 e. The molecule has 1 unspecified atom stereocenters. The van der Waals surface area contributed by atoms with Crippen LogP contribution in [-0.2, 0) is 24.3 Å². The number of piperidine rings is 1. The summed E-state index contributed by atoms with van der Waals surface area (Å²) >= 11 is 0. The highest BCUT2D eigenvalue weighted by atomic mass is 32.2. The Morgan fingerprint density at radius 2 is 2.04 bits per heavy atom. The maximum Gasteiger partial charge on any atom is 0.310 e. The predicted molar refractivity (Wildman–Crippen MR) is 102 cm³/mol. The van der Waals surface area contributed by atoms with E-state index in [9.17, 15) is 18.0 Å². The molecule has 1 atom stereocenters. The first-order valence-corrected chi connectivity index (χ1v) is 10.5. The summed E-state index contributed by atoms with van der Waals surface area (Å²) in [6.07, 6.45) is 1.57. The Balaban J connectivity index is 2.05. The second kappa shape index (κ2) is 8.81. The van der Waals surface area contributed by atoms with Crippen molar-refractivity contribution < 1.29 is 22.7 Å². The monoisotopic (exact) mass is 397 g/mol. The van der Waals surface area contributed by atoms with Gasteiger partial charge in [0, 0.05) is 12.2 Å². The summed E-state index contributed by atoms with van der Waals surface area (Å²) < 4.78 is 28.3. The number of hydrogen-bond donors (Lipinski definition) is 2. The molecular weight excluding hydrogens is 370 g/mol. The van der Waals surface area contributed by atoms with Crippen LogP contribution in [0.5, 0.6) is 0 Å². The average Bonchev–Trinajstić information content (AvgIpc) is 2.58. The van der Waals surface area contributed by atoms with Gasteiger partial charge in [-0.25, -0.2) is 13.6 Å². The van der Waals surface area contributed by atoms with Gasteiger partial charge in [0.1, 0.15) is 0 Å². The number of nitrogens with two attached hydrogens (primary N) is 1. The SMILES string of the molecule is CCOC(=O)C1CCCN(CC(=O)Nc2cc(S(N)(=O)=O)cc(C)c2C)C1. The summed E-state index contributed by atoms with van der Waals surface area (Å²) in [5.74, 6) is -0.718. The Bertz CT molecular complexity index is 823. The summed E-state index contributed by atoms with van der Waals surface area (Å²) in [6, 6.07) is 2.85. The van der Waals surface area contributed by atoms with Crippen LogP contribution < -0.4 is 10.5 Å². The molecule has 9 heteroatoms. The van der Waals surface area contributed by atoms with Gasteiger partial charge in [0.2, 0.25) is 15.9 Å². The molecule has 1 aromatic carbocycles. The van der Waals surface area contributed by atoms with Crippen LogP contribution in [0.2, 0.25) is 0 Å². The molecule has 1 aromatic rings. The number of hydrogen-bond acceptors (Lipinski definition) is 6. The van der Waals surface area contributed by atoms with E-state index in [-0.39, 0.29) is 29.2 Å². The minimum Gasteiger partial charge on any atom is -0.466 e.